The number of amides is 1. The lowest BCUT2D eigenvalue weighted by Gasteiger charge is -2.34. The number of aromatic nitrogens is 1. The summed E-state index contributed by atoms with van der Waals surface area (Å²) in [7, 11) is 1.56. The number of nitrogens with zero attached hydrogens (tertiary/aromatic N) is 3. The Morgan fingerprint density at radius 3 is 2.86 bits per heavy atom. The molecular formula is C14H22N4O3. The lowest BCUT2D eigenvalue weighted by molar-refractivity contribution is -0.391. The van der Waals surface area contributed by atoms with E-state index >= 15 is 0 Å². The van der Waals surface area contributed by atoms with Crippen LogP contribution in [-0.4, -0.2) is 46.0 Å². The highest BCUT2D eigenvalue weighted by atomic mass is 16.6. The van der Waals surface area contributed by atoms with E-state index < -0.39 is 4.92 Å². The van der Waals surface area contributed by atoms with Gasteiger partial charge in [-0.05, 0) is 36.8 Å². The minimum Gasteiger partial charge on any atom is -0.358 e. The highest BCUT2D eigenvalue weighted by molar-refractivity contribution is 5.93. The molecule has 0 aliphatic carbocycles. The molecule has 1 atom stereocenters. The molecule has 1 aliphatic rings. The lowest BCUT2D eigenvalue weighted by Crippen LogP contribution is -2.49. The predicted molar refractivity (Wildman–Crippen MR) is 79.3 cm³/mol. The van der Waals surface area contributed by atoms with Crippen molar-refractivity contribution in [1.82, 2.24) is 14.8 Å². The molecule has 2 rings (SSSR count). The largest absolute Gasteiger partial charge is 0.358 e. The highest BCUT2D eigenvalue weighted by Crippen LogP contribution is 2.20. The fourth-order valence-corrected chi connectivity index (χ4v) is 2.84. The normalized spacial score (nSPS) is 18.5. The van der Waals surface area contributed by atoms with Crippen molar-refractivity contribution in [2.75, 3.05) is 19.6 Å². The predicted octanol–water partition coefficient (Wildman–Crippen LogP) is 1.54. The zero-order valence-corrected chi connectivity index (χ0v) is 12.5. The third-order valence-electron chi connectivity index (χ3n) is 3.94. The number of hydrogen-bond acceptors (Lipinski definition) is 4. The highest BCUT2D eigenvalue weighted by Gasteiger charge is 2.30. The third-order valence-corrected chi connectivity index (χ3v) is 3.94. The summed E-state index contributed by atoms with van der Waals surface area (Å²) < 4.78 is 1.36. The zero-order chi connectivity index (χ0) is 15.4. The fourth-order valence-electron chi connectivity index (χ4n) is 2.84. The average Bonchev–Trinajstić information content (AvgIpc) is 2.87. The molecule has 1 aromatic rings. The Kier molecular flexibility index (Phi) is 4.95. The van der Waals surface area contributed by atoms with Crippen molar-refractivity contribution in [1.29, 1.82) is 0 Å². The smallest absolute Gasteiger partial charge is 0.323 e. The lowest BCUT2D eigenvalue weighted by atomic mass is 10.1. The summed E-state index contributed by atoms with van der Waals surface area (Å²) in [6.07, 6.45) is 2.89. The van der Waals surface area contributed by atoms with Gasteiger partial charge in [0.1, 0.15) is 0 Å². The molecule has 116 valence electrons. The standard InChI is InChI=1S/C14H22N4O3/c1-3-9-17(11-5-4-8-15-10-11)14(19)12-6-7-13(16(12)2)18(20)21/h6-7,11,15H,3-5,8-10H2,1-2H3. The van der Waals surface area contributed by atoms with E-state index in [0.29, 0.717) is 12.2 Å². The van der Waals surface area contributed by atoms with Gasteiger partial charge in [0.15, 0.2) is 5.69 Å². The quantitative estimate of drug-likeness (QED) is 0.660. The van der Waals surface area contributed by atoms with Gasteiger partial charge in [0.25, 0.3) is 5.91 Å². The van der Waals surface area contributed by atoms with Gasteiger partial charge in [-0.1, -0.05) is 6.92 Å². The second-order valence-electron chi connectivity index (χ2n) is 5.39. The minimum absolute atomic E-state index is 0.0587. The molecule has 0 spiro atoms. The second-order valence-corrected chi connectivity index (χ2v) is 5.39. The average molecular weight is 294 g/mol. The Labute approximate surface area is 124 Å². The van der Waals surface area contributed by atoms with Crippen molar-refractivity contribution in [2.24, 2.45) is 7.05 Å². The van der Waals surface area contributed by atoms with Crippen LogP contribution < -0.4 is 5.32 Å². The molecule has 0 saturated carbocycles. The zero-order valence-electron chi connectivity index (χ0n) is 12.5. The van der Waals surface area contributed by atoms with Crippen molar-refractivity contribution in [3.63, 3.8) is 0 Å². The number of rotatable bonds is 5. The van der Waals surface area contributed by atoms with Crippen LogP contribution in [0.15, 0.2) is 12.1 Å². The van der Waals surface area contributed by atoms with Gasteiger partial charge in [-0.25, -0.2) is 4.57 Å². The molecule has 1 amide bonds. The first kappa shape index (κ1) is 15.5. The van der Waals surface area contributed by atoms with E-state index in [9.17, 15) is 14.9 Å². The number of nitro groups is 1. The van der Waals surface area contributed by atoms with Gasteiger partial charge < -0.3 is 20.3 Å². The van der Waals surface area contributed by atoms with Crippen LogP contribution in [0.1, 0.15) is 36.7 Å². The fraction of sp³-hybridized carbons (Fsp3) is 0.643. The minimum atomic E-state index is -0.469. The Morgan fingerprint density at radius 1 is 1.57 bits per heavy atom. The molecule has 0 bridgehead atoms. The topological polar surface area (TPSA) is 80.4 Å². The maximum atomic E-state index is 12.7. The van der Waals surface area contributed by atoms with Gasteiger partial charge in [-0.3, -0.25) is 4.79 Å². The Balaban J connectivity index is 2.23. The molecular weight excluding hydrogens is 272 g/mol. The first-order valence-electron chi connectivity index (χ1n) is 7.38. The summed E-state index contributed by atoms with van der Waals surface area (Å²) in [5.41, 5.74) is 0.376. The van der Waals surface area contributed by atoms with Crippen LogP contribution in [0.2, 0.25) is 0 Å². The van der Waals surface area contributed by atoms with Crippen molar-refractivity contribution < 1.29 is 9.72 Å². The Bertz CT molecular complexity index is 520. The van der Waals surface area contributed by atoms with Crippen molar-refractivity contribution in [3.05, 3.63) is 27.9 Å². The molecule has 0 radical (unpaired) electrons. The van der Waals surface area contributed by atoms with Crippen LogP contribution in [0.25, 0.3) is 0 Å². The van der Waals surface area contributed by atoms with Gasteiger partial charge in [-0.2, -0.15) is 0 Å². The SMILES string of the molecule is CCCN(C(=O)c1ccc([N+](=O)[O-])n1C)C1CCCNC1. The summed E-state index contributed by atoms with van der Waals surface area (Å²) in [5, 5.41) is 14.2. The van der Waals surface area contributed by atoms with E-state index in [1.807, 2.05) is 11.8 Å². The molecule has 21 heavy (non-hydrogen) atoms. The van der Waals surface area contributed by atoms with Gasteiger partial charge >= 0.3 is 5.82 Å². The Morgan fingerprint density at radius 2 is 2.33 bits per heavy atom. The maximum absolute atomic E-state index is 12.7. The summed E-state index contributed by atoms with van der Waals surface area (Å²) in [6, 6.07) is 3.09. The van der Waals surface area contributed by atoms with Crippen LogP contribution >= 0.6 is 0 Å². The van der Waals surface area contributed by atoms with E-state index in [1.54, 1.807) is 13.1 Å². The van der Waals surface area contributed by atoms with E-state index in [2.05, 4.69) is 5.32 Å². The summed E-state index contributed by atoms with van der Waals surface area (Å²) in [5.74, 6) is -0.183. The van der Waals surface area contributed by atoms with Crippen LogP contribution in [0, 0.1) is 10.1 Å². The van der Waals surface area contributed by atoms with E-state index in [4.69, 9.17) is 0 Å². The monoisotopic (exact) mass is 294 g/mol. The van der Waals surface area contributed by atoms with Crippen LogP contribution in [0.5, 0.6) is 0 Å². The van der Waals surface area contributed by atoms with Crippen LogP contribution in [0.3, 0.4) is 0 Å². The molecule has 1 N–H and O–H groups in total. The number of hydrogen-bond donors (Lipinski definition) is 1. The van der Waals surface area contributed by atoms with Gasteiger partial charge in [0.05, 0.1) is 7.05 Å². The maximum Gasteiger partial charge on any atom is 0.323 e. The number of carbonyl (C=O) groups excluding carboxylic acids is 1. The number of piperidine rings is 1. The first-order chi connectivity index (χ1) is 10.1. The second kappa shape index (κ2) is 6.71. The molecule has 2 heterocycles. The Hall–Kier alpha value is -1.89. The molecule has 7 heteroatoms. The molecule has 0 aromatic carbocycles. The molecule has 1 aromatic heterocycles. The van der Waals surface area contributed by atoms with Crippen LogP contribution in [-0.2, 0) is 7.05 Å². The number of nitrogens with one attached hydrogen (secondary N) is 1. The van der Waals surface area contributed by atoms with Crippen molar-refractivity contribution in [2.45, 2.75) is 32.2 Å². The molecule has 1 unspecified atom stereocenters. The van der Waals surface area contributed by atoms with Gasteiger partial charge in [0.2, 0.25) is 0 Å². The molecule has 7 nitrogen and oxygen atoms in total. The molecule has 1 fully saturated rings. The molecule has 1 aliphatic heterocycles. The van der Waals surface area contributed by atoms with Crippen molar-refractivity contribution in [3.8, 4) is 0 Å². The van der Waals surface area contributed by atoms with E-state index in [1.165, 1.54) is 10.6 Å². The molecule has 1 saturated heterocycles. The van der Waals surface area contributed by atoms with Crippen LogP contribution in [0.4, 0.5) is 5.82 Å². The van der Waals surface area contributed by atoms with E-state index in [-0.39, 0.29) is 17.8 Å². The summed E-state index contributed by atoms with van der Waals surface area (Å²) >= 11 is 0. The van der Waals surface area contributed by atoms with Crippen molar-refractivity contribution >= 4 is 11.7 Å². The van der Waals surface area contributed by atoms with Gasteiger partial charge in [0, 0.05) is 25.2 Å². The number of carbonyl (C=O) groups is 1. The van der Waals surface area contributed by atoms with E-state index in [0.717, 1.165) is 32.4 Å². The third kappa shape index (κ3) is 3.24. The summed E-state index contributed by atoms with van der Waals surface area (Å²) in [6.45, 7) is 4.48. The first-order valence-corrected chi connectivity index (χ1v) is 7.38. The van der Waals surface area contributed by atoms with Gasteiger partial charge in [-0.15, -0.1) is 0 Å². The summed E-state index contributed by atoms with van der Waals surface area (Å²) in [4.78, 5) is 25.0.